The van der Waals surface area contributed by atoms with Gasteiger partial charge in [-0.1, -0.05) is 51.0 Å². The Morgan fingerprint density at radius 1 is 1.03 bits per heavy atom. The van der Waals surface area contributed by atoms with Gasteiger partial charge in [0.1, 0.15) is 5.82 Å². The Hall–Kier alpha value is -3.02. The number of pyridine rings is 1. The molecule has 2 aromatic heterocycles. The summed E-state index contributed by atoms with van der Waals surface area (Å²) < 4.78 is 2.01. The van der Waals surface area contributed by atoms with Crippen LogP contribution in [0.25, 0.3) is 11.1 Å². The molecule has 0 aliphatic heterocycles. The van der Waals surface area contributed by atoms with Crippen molar-refractivity contribution in [2.45, 2.75) is 58.9 Å². The van der Waals surface area contributed by atoms with E-state index in [1.165, 1.54) is 25.1 Å². The van der Waals surface area contributed by atoms with Crippen molar-refractivity contribution in [1.82, 2.24) is 19.7 Å². The molecule has 0 radical (unpaired) electrons. The molecular weight excluding hydrogens is 364 g/mol. The monoisotopic (exact) mass is 392 g/mol. The van der Waals surface area contributed by atoms with Crippen molar-refractivity contribution in [3.05, 3.63) is 65.5 Å². The van der Waals surface area contributed by atoms with E-state index in [0.29, 0.717) is 12.1 Å². The van der Waals surface area contributed by atoms with Crippen LogP contribution < -0.4 is 0 Å². The SMILES string of the molecule is CCCCCc1nc(CCC)n(Cc2ccc(-c3cnccc3C(=O)O)cc2)n1. The number of aromatic nitrogens is 4. The van der Waals surface area contributed by atoms with E-state index in [2.05, 4.69) is 18.8 Å². The zero-order chi connectivity index (χ0) is 20.6. The van der Waals surface area contributed by atoms with Gasteiger partial charge in [-0.25, -0.2) is 14.5 Å². The number of hydrogen-bond donors (Lipinski definition) is 1. The zero-order valence-electron chi connectivity index (χ0n) is 17.1. The van der Waals surface area contributed by atoms with E-state index in [4.69, 9.17) is 10.1 Å². The lowest BCUT2D eigenvalue weighted by molar-refractivity contribution is 0.0697. The fourth-order valence-corrected chi connectivity index (χ4v) is 3.37. The maximum absolute atomic E-state index is 11.5. The molecule has 0 aliphatic rings. The van der Waals surface area contributed by atoms with Crippen LogP contribution in [-0.4, -0.2) is 30.8 Å². The van der Waals surface area contributed by atoms with E-state index in [9.17, 15) is 9.90 Å². The molecule has 29 heavy (non-hydrogen) atoms. The highest BCUT2D eigenvalue weighted by molar-refractivity contribution is 5.95. The Balaban J connectivity index is 1.78. The van der Waals surface area contributed by atoms with E-state index in [1.807, 2.05) is 28.9 Å². The molecule has 0 bridgehead atoms. The van der Waals surface area contributed by atoms with Gasteiger partial charge in [-0.05, 0) is 30.0 Å². The predicted octanol–water partition coefficient (Wildman–Crippen LogP) is 4.77. The molecule has 2 heterocycles. The van der Waals surface area contributed by atoms with Crippen molar-refractivity contribution < 1.29 is 9.90 Å². The van der Waals surface area contributed by atoms with E-state index in [-0.39, 0.29) is 5.56 Å². The van der Waals surface area contributed by atoms with Crippen LogP contribution >= 0.6 is 0 Å². The summed E-state index contributed by atoms with van der Waals surface area (Å²) in [5.74, 6) is 1.01. The van der Waals surface area contributed by atoms with Gasteiger partial charge in [0.15, 0.2) is 5.82 Å². The van der Waals surface area contributed by atoms with Gasteiger partial charge in [0.2, 0.25) is 0 Å². The summed E-state index contributed by atoms with van der Waals surface area (Å²) in [4.78, 5) is 20.3. The van der Waals surface area contributed by atoms with Crippen LogP contribution in [0.15, 0.2) is 42.7 Å². The lowest BCUT2D eigenvalue weighted by Gasteiger charge is -2.08. The molecule has 3 aromatic rings. The summed E-state index contributed by atoms with van der Waals surface area (Å²) in [6, 6.07) is 9.44. The standard InChI is InChI=1S/C23H28N4O2/c1-3-5-6-8-21-25-22(7-4-2)27(26-21)16-17-9-11-18(12-10-17)20-15-24-14-13-19(20)23(28)29/h9-15H,3-8,16H2,1-2H3,(H,28,29). The summed E-state index contributed by atoms with van der Waals surface area (Å²) >= 11 is 0. The highest BCUT2D eigenvalue weighted by Crippen LogP contribution is 2.23. The number of hydrogen-bond acceptors (Lipinski definition) is 4. The first-order valence-electron chi connectivity index (χ1n) is 10.3. The van der Waals surface area contributed by atoms with Crippen LogP contribution in [0, 0.1) is 0 Å². The first-order valence-corrected chi connectivity index (χ1v) is 10.3. The fourth-order valence-electron chi connectivity index (χ4n) is 3.37. The third-order valence-corrected chi connectivity index (χ3v) is 4.92. The van der Waals surface area contributed by atoms with Crippen molar-refractivity contribution in [3.8, 4) is 11.1 Å². The molecule has 0 aliphatic carbocycles. The number of carboxylic acids is 1. The summed E-state index contributed by atoms with van der Waals surface area (Å²) in [5.41, 5.74) is 2.83. The number of nitrogens with zero attached hydrogens (tertiary/aromatic N) is 4. The second-order valence-corrected chi connectivity index (χ2v) is 7.23. The molecule has 0 unspecified atom stereocenters. The van der Waals surface area contributed by atoms with Gasteiger partial charge >= 0.3 is 5.97 Å². The number of carbonyl (C=O) groups is 1. The molecule has 3 rings (SSSR count). The van der Waals surface area contributed by atoms with Crippen LogP contribution in [-0.2, 0) is 19.4 Å². The number of carboxylic acid groups (broad SMARTS) is 1. The lowest BCUT2D eigenvalue weighted by atomic mass is 10.0. The summed E-state index contributed by atoms with van der Waals surface area (Å²) in [7, 11) is 0. The highest BCUT2D eigenvalue weighted by atomic mass is 16.4. The van der Waals surface area contributed by atoms with Crippen molar-refractivity contribution in [2.24, 2.45) is 0 Å². The van der Waals surface area contributed by atoms with E-state index >= 15 is 0 Å². The average molecular weight is 393 g/mol. The minimum absolute atomic E-state index is 0.256. The molecule has 0 saturated heterocycles. The molecule has 1 aromatic carbocycles. The van der Waals surface area contributed by atoms with E-state index in [1.54, 1.807) is 6.20 Å². The molecule has 1 N–H and O–H groups in total. The van der Waals surface area contributed by atoms with Crippen LogP contribution in [0.2, 0.25) is 0 Å². The molecule has 6 heteroatoms. The number of unbranched alkanes of at least 4 members (excludes halogenated alkanes) is 2. The normalized spacial score (nSPS) is 11.0. The van der Waals surface area contributed by atoms with Crippen molar-refractivity contribution in [1.29, 1.82) is 0 Å². The molecular formula is C23H28N4O2. The van der Waals surface area contributed by atoms with Crippen molar-refractivity contribution in [2.75, 3.05) is 0 Å². The first-order chi connectivity index (χ1) is 14.1. The molecule has 6 nitrogen and oxygen atoms in total. The molecule has 152 valence electrons. The average Bonchev–Trinajstić information content (AvgIpc) is 3.10. The van der Waals surface area contributed by atoms with Gasteiger partial charge < -0.3 is 5.11 Å². The smallest absolute Gasteiger partial charge is 0.336 e. The molecule has 0 spiro atoms. The topological polar surface area (TPSA) is 80.9 Å². The predicted molar refractivity (Wildman–Crippen MR) is 113 cm³/mol. The number of benzene rings is 1. The second kappa shape index (κ2) is 9.96. The Bertz CT molecular complexity index is 948. The van der Waals surface area contributed by atoms with Gasteiger partial charge in [-0.15, -0.1) is 0 Å². The Morgan fingerprint density at radius 3 is 2.52 bits per heavy atom. The van der Waals surface area contributed by atoms with Gasteiger partial charge in [-0.3, -0.25) is 4.98 Å². The number of aromatic carboxylic acids is 1. The number of rotatable bonds is 10. The highest BCUT2D eigenvalue weighted by Gasteiger charge is 2.13. The largest absolute Gasteiger partial charge is 0.478 e. The first kappa shape index (κ1) is 20.7. The minimum Gasteiger partial charge on any atom is -0.478 e. The number of aryl methyl sites for hydroxylation is 2. The van der Waals surface area contributed by atoms with Crippen LogP contribution in [0.5, 0.6) is 0 Å². The minimum atomic E-state index is -0.950. The zero-order valence-corrected chi connectivity index (χ0v) is 17.1. The second-order valence-electron chi connectivity index (χ2n) is 7.23. The lowest BCUT2D eigenvalue weighted by Crippen LogP contribution is -2.07. The third kappa shape index (κ3) is 5.28. The van der Waals surface area contributed by atoms with Gasteiger partial charge in [0.25, 0.3) is 0 Å². The Kier molecular flexibility index (Phi) is 7.11. The van der Waals surface area contributed by atoms with E-state index < -0.39 is 5.97 Å². The molecule has 0 atom stereocenters. The quantitative estimate of drug-likeness (QED) is 0.503. The van der Waals surface area contributed by atoms with Gasteiger partial charge in [-0.2, -0.15) is 5.10 Å². The summed E-state index contributed by atoms with van der Waals surface area (Å²) in [5, 5.41) is 14.1. The maximum Gasteiger partial charge on any atom is 0.336 e. The molecule has 0 saturated carbocycles. The molecule has 0 amide bonds. The maximum atomic E-state index is 11.5. The molecule has 0 fully saturated rings. The van der Waals surface area contributed by atoms with Crippen LogP contribution in [0.3, 0.4) is 0 Å². The fraction of sp³-hybridized carbons (Fsp3) is 0.391. The third-order valence-electron chi connectivity index (χ3n) is 4.92. The van der Waals surface area contributed by atoms with Crippen LogP contribution in [0.4, 0.5) is 0 Å². The van der Waals surface area contributed by atoms with Crippen molar-refractivity contribution in [3.63, 3.8) is 0 Å². The Labute approximate surface area is 171 Å². The van der Waals surface area contributed by atoms with E-state index in [0.717, 1.165) is 48.5 Å². The summed E-state index contributed by atoms with van der Waals surface area (Å²) in [6.45, 7) is 5.01. The van der Waals surface area contributed by atoms with Crippen LogP contribution in [0.1, 0.15) is 67.1 Å². The van der Waals surface area contributed by atoms with Gasteiger partial charge in [0, 0.05) is 30.8 Å². The van der Waals surface area contributed by atoms with Gasteiger partial charge in [0.05, 0.1) is 12.1 Å². The summed E-state index contributed by atoms with van der Waals surface area (Å²) in [6.07, 6.45) is 9.48. The Morgan fingerprint density at radius 2 is 1.83 bits per heavy atom. The van der Waals surface area contributed by atoms with Crippen molar-refractivity contribution >= 4 is 5.97 Å².